The van der Waals surface area contributed by atoms with Gasteiger partial charge >= 0.3 is 5.69 Å². The lowest BCUT2D eigenvalue weighted by Gasteiger charge is -2.04. The predicted molar refractivity (Wildman–Crippen MR) is 78.6 cm³/mol. The maximum absolute atomic E-state index is 12.0. The number of rotatable bonds is 3. The molecule has 0 bridgehead atoms. The lowest BCUT2D eigenvalue weighted by molar-refractivity contribution is 0.626. The molecular weight excluding hydrogens is 268 g/mol. The van der Waals surface area contributed by atoms with Gasteiger partial charge in [-0.25, -0.2) is 9.48 Å². The first-order valence-corrected chi connectivity index (χ1v) is 6.51. The van der Waals surface area contributed by atoms with Gasteiger partial charge in [-0.3, -0.25) is 9.36 Å². The average Bonchev–Trinajstić information content (AvgIpc) is 2.97. The summed E-state index contributed by atoms with van der Waals surface area (Å²) < 4.78 is 4.25. The molecule has 0 N–H and O–H groups in total. The second kappa shape index (κ2) is 5.24. The number of para-hydroxylation sites is 1. The van der Waals surface area contributed by atoms with E-state index in [0.717, 1.165) is 10.3 Å². The van der Waals surface area contributed by atoms with Crippen molar-refractivity contribution in [3.05, 3.63) is 81.4 Å². The normalized spacial score (nSPS) is 10.7. The molecule has 0 saturated carbocycles. The van der Waals surface area contributed by atoms with Crippen LogP contribution in [0.15, 0.2) is 64.4 Å². The summed E-state index contributed by atoms with van der Waals surface area (Å²) in [4.78, 5) is 23.8. The van der Waals surface area contributed by atoms with E-state index in [4.69, 9.17) is 0 Å². The van der Waals surface area contributed by atoms with Gasteiger partial charge in [0.25, 0.3) is 5.56 Å². The van der Waals surface area contributed by atoms with Gasteiger partial charge in [0, 0.05) is 25.5 Å². The molecule has 0 aliphatic carbocycles. The topological polar surface area (TPSA) is 61.8 Å². The van der Waals surface area contributed by atoms with E-state index >= 15 is 0 Å². The van der Waals surface area contributed by atoms with E-state index in [1.165, 1.54) is 16.8 Å². The Morgan fingerprint density at radius 1 is 1.00 bits per heavy atom. The van der Waals surface area contributed by atoms with Crippen molar-refractivity contribution in [2.75, 3.05) is 0 Å². The van der Waals surface area contributed by atoms with E-state index < -0.39 is 0 Å². The lowest BCUT2D eigenvalue weighted by Crippen LogP contribution is -2.38. The minimum Gasteiger partial charge on any atom is -0.303 e. The van der Waals surface area contributed by atoms with Crippen molar-refractivity contribution in [1.82, 2.24) is 18.9 Å². The monoisotopic (exact) mass is 282 g/mol. The van der Waals surface area contributed by atoms with E-state index in [-0.39, 0.29) is 17.8 Å². The van der Waals surface area contributed by atoms with Crippen LogP contribution < -0.4 is 11.2 Å². The summed E-state index contributed by atoms with van der Waals surface area (Å²) >= 11 is 0. The highest BCUT2D eigenvalue weighted by atomic mass is 16.2. The Morgan fingerprint density at radius 3 is 2.52 bits per heavy atom. The van der Waals surface area contributed by atoms with E-state index in [0.29, 0.717) is 5.69 Å². The zero-order valence-corrected chi connectivity index (χ0v) is 11.5. The average molecular weight is 282 g/mol. The van der Waals surface area contributed by atoms with Crippen LogP contribution in [0.2, 0.25) is 0 Å². The van der Waals surface area contributed by atoms with Crippen molar-refractivity contribution < 1.29 is 0 Å². The third kappa shape index (κ3) is 2.55. The van der Waals surface area contributed by atoms with Crippen molar-refractivity contribution in [2.24, 2.45) is 7.05 Å². The maximum Gasteiger partial charge on any atom is 0.331 e. The molecule has 0 aliphatic rings. The summed E-state index contributed by atoms with van der Waals surface area (Å²) in [5.74, 6) is 0. The Labute approximate surface area is 120 Å². The molecule has 0 amide bonds. The number of benzene rings is 1. The van der Waals surface area contributed by atoms with Crippen LogP contribution in [0.4, 0.5) is 0 Å². The van der Waals surface area contributed by atoms with Crippen molar-refractivity contribution in [3.8, 4) is 5.69 Å². The molecule has 1 aromatic carbocycles. The Morgan fingerprint density at radius 2 is 1.76 bits per heavy atom. The van der Waals surface area contributed by atoms with E-state index in [9.17, 15) is 9.59 Å². The van der Waals surface area contributed by atoms with Crippen LogP contribution in [-0.4, -0.2) is 18.9 Å². The smallest absolute Gasteiger partial charge is 0.303 e. The van der Waals surface area contributed by atoms with Crippen molar-refractivity contribution in [3.63, 3.8) is 0 Å². The second-order valence-corrected chi connectivity index (χ2v) is 4.72. The fourth-order valence-corrected chi connectivity index (χ4v) is 2.09. The van der Waals surface area contributed by atoms with Crippen molar-refractivity contribution >= 4 is 0 Å². The first-order chi connectivity index (χ1) is 10.1. The van der Waals surface area contributed by atoms with Gasteiger partial charge in [0.1, 0.15) is 0 Å². The minimum atomic E-state index is -0.350. The molecule has 3 aromatic rings. The van der Waals surface area contributed by atoms with Crippen LogP contribution in [0.1, 0.15) is 5.69 Å². The standard InChI is InChI=1S/C15H14N4O2/c1-17-9-8-14(20)18(15(17)21)11-12-7-10-19(16-12)13-5-3-2-4-6-13/h2-10H,11H2,1H3. The summed E-state index contributed by atoms with van der Waals surface area (Å²) in [6, 6.07) is 12.8. The van der Waals surface area contributed by atoms with Crippen molar-refractivity contribution in [1.29, 1.82) is 0 Å². The zero-order valence-electron chi connectivity index (χ0n) is 11.5. The Hall–Kier alpha value is -2.89. The van der Waals surface area contributed by atoms with Gasteiger partial charge in [-0.1, -0.05) is 18.2 Å². The van der Waals surface area contributed by atoms with Gasteiger partial charge in [0.05, 0.1) is 17.9 Å². The highest BCUT2D eigenvalue weighted by molar-refractivity contribution is 5.30. The summed E-state index contributed by atoms with van der Waals surface area (Å²) in [5.41, 5.74) is 0.908. The molecular formula is C15H14N4O2. The molecule has 0 unspecified atom stereocenters. The first-order valence-electron chi connectivity index (χ1n) is 6.51. The summed E-state index contributed by atoms with van der Waals surface area (Å²) in [5, 5.41) is 4.40. The molecule has 0 fully saturated rings. The third-order valence-corrected chi connectivity index (χ3v) is 3.22. The summed E-state index contributed by atoms with van der Waals surface area (Å²) in [7, 11) is 1.61. The quantitative estimate of drug-likeness (QED) is 0.713. The summed E-state index contributed by atoms with van der Waals surface area (Å²) in [6.07, 6.45) is 3.27. The van der Waals surface area contributed by atoms with Crippen molar-refractivity contribution in [2.45, 2.75) is 6.54 Å². The second-order valence-electron chi connectivity index (χ2n) is 4.72. The third-order valence-electron chi connectivity index (χ3n) is 3.22. The SMILES string of the molecule is Cn1ccc(=O)n(Cc2ccn(-c3ccccc3)n2)c1=O. The van der Waals surface area contributed by atoms with Gasteiger partial charge in [0.15, 0.2) is 0 Å². The van der Waals surface area contributed by atoms with E-state index in [2.05, 4.69) is 5.10 Å². The fraction of sp³-hybridized carbons (Fsp3) is 0.133. The molecule has 0 radical (unpaired) electrons. The Kier molecular flexibility index (Phi) is 3.27. The molecule has 3 rings (SSSR count). The molecule has 0 atom stereocenters. The maximum atomic E-state index is 12.0. The lowest BCUT2D eigenvalue weighted by atomic mass is 10.3. The van der Waals surface area contributed by atoms with Gasteiger partial charge in [-0.05, 0) is 18.2 Å². The van der Waals surface area contributed by atoms with Crippen LogP contribution in [0.25, 0.3) is 5.69 Å². The Balaban J connectivity index is 1.94. The van der Waals surface area contributed by atoms with Crippen LogP contribution in [0.3, 0.4) is 0 Å². The molecule has 6 heteroatoms. The van der Waals surface area contributed by atoms with Crippen LogP contribution in [0, 0.1) is 0 Å². The molecule has 0 saturated heterocycles. The number of aryl methyl sites for hydroxylation is 1. The molecule has 2 heterocycles. The van der Waals surface area contributed by atoms with Crippen LogP contribution >= 0.6 is 0 Å². The van der Waals surface area contributed by atoms with E-state index in [1.807, 2.05) is 36.5 Å². The molecule has 0 aliphatic heterocycles. The number of nitrogens with zero attached hydrogens (tertiary/aromatic N) is 4. The van der Waals surface area contributed by atoms with Gasteiger partial charge < -0.3 is 4.57 Å². The van der Waals surface area contributed by atoms with Gasteiger partial charge in [0.2, 0.25) is 0 Å². The van der Waals surface area contributed by atoms with E-state index in [1.54, 1.807) is 17.8 Å². The van der Waals surface area contributed by atoms with Gasteiger partial charge in [-0.2, -0.15) is 5.10 Å². The largest absolute Gasteiger partial charge is 0.331 e. The minimum absolute atomic E-state index is 0.159. The zero-order chi connectivity index (χ0) is 14.8. The number of hydrogen-bond donors (Lipinski definition) is 0. The molecule has 6 nitrogen and oxygen atoms in total. The first kappa shape index (κ1) is 13.1. The molecule has 0 spiro atoms. The van der Waals surface area contributed by atoms with Gasteiger partial charge in [-0.15, -0.1) is 0 Å². The molecule has 106 valence electrons. The molecule has 21 heavy (non-hydrogen) atoms. The fourth-order valence-electron chi connectivity index (χ4n) is 2.09. The number of hydrogen-bond acceptors (Lipinski definition) is 3. The summed E-state index contributed by atoms with van der Waals surface area (Å²) in [6.45, 7) is 0.159. The highest BCUT2D eigenvalue weighted by Crippen LogP contribution is 2.06. The van der Waals surface area contributed by atoms with Crippen LogP contribution in [0.5, 0.6) is 0 Å². The molecule has 2 aromatic heterocycles. The number of aromatic nitrogens is 4. The van der Waals surface area contributed by atoms with Crippen LogP contribution in [-0.2, 0) is 13.6 Å². The predicted octanol–water partition coefficient (Wildman–Crippen LogP) is 0.781. The highest BCUT2D eigenvalue weighted by Gasteiger charge is 2.07. The Bertz CT molecular complexity index is 874.